The third-order valence-electron chi connectivity index (χ3n) is 2.72. The number of nitrogens with one attached hydrogen (secondary N) is 1. The van der Waals surface area contributed by atoms with Crippen molar-refractivity contribution in [2.24, 2.45) is 5.92 Å². The van der Waals surface area contributed by atoms with Crippen LogP contribution >= 0.6 is 0 Å². The molecule has 0 amide bonds. The van der Waals surface area contributed by atoms with Gasteiger partial charge in [-0.05, 0) is 52.1 Å². The minimum absolute atomic E-state index is 0.780. The Labute approximate surface area is 96.3 Å². The quantitative estimate of drug-likeness (QED) is 0.446. The lowest BCUT2D eigenvalue weighted by Crippen LogP contribution is -2.20. The molecule has 90 valence electrons. The Bertz CT molecular complexity index is 159. The van der Waals surface area contributed by atoms with Crippen LogP contribution in [0.1, 0.15) is 59.8 Å². The van der Waals surface area contributed by atoms with Crippen LogP contribution in [-0.4, -0.2) is 13.1 Å². The van der Waals surface area contributed by atoms with Crippen LogP contribution in [0, 0.1) is 5.92 Å². The van der Waals surface area contributed by atoms with E-state index in [0.717, 1.165) is 12.5 Å². The van der Waals surface area contributed by atoms with E-state index in [-0.39, 0.29) is 0 Å². The average molecular weight is 211 g/mol. The minimum atomic E-state index is 0.780. The number of hydrogen-bond acceptors (Lipinski definition) is 1. The summed E-state index contributed by atoms with van der Waals surface area (Å²) in [5, 5.41) is 3.48. The third kappa shape index (κ3) is 11.6. The number of unbranched alkanes of at least 4 members (excludes halogenated alkanes) is 3. The fraction of sp³-hybridized carbons (Fsp3) is 0.857. The van der Waals surface area contributed by atoms with E-state index in [9.17, 15) is 0 Å². The van der Waals surface area contributed by atoms with Crippen LogP contribution in [0.2, 0.25) is 0 Å². The molecule has 1 nitrogen and oxygen atoms in total. The van der Waals surface area contributed by atoms with Crippen LogP contribution < -0.4 is 5.32 Å². The van der Waals surface area contributed by atoms with Gasteiger partial charge in [-0.2, -0.15) is 0 Å². The number of hydrogen-bond donors (Lipinski definition) is 1. The molecule has 15 heavy (non-hydrogen) atoms. The Morgan fingerprint density at radius 2 is 1.80 bits per heavy atom. The van der Waals surface area contributed by atoms with Gasteiger partial charge in [-0.15, -0.1) is 0 Å². The van der Waals surface area contributed by atoms with E-state index in [4.69, 9.17) is 0 Å². The van der Waals surface area contributed by atoms with Crippen molar-refractivity contribution in [1.82, 2.24) is 5.32 Å². The number of rotatable bonds is 9. The maximum absolute atomic E-state index is 3.48. The first kappa shape index (κ1) is 14.7. The van der Waals surface area contributed by atoms with Crippen molar-refractivity contribution in [2.75, 3.05) is 13.1 Å². The van der Waals surface area contributed by atoms with Gasteiger partial charge in [0, 0.05) is 0 Å². The van der Waals surface area contributed by atoms with Crippen molar-refractivity contribution in [3.63, 3.8) is 0 Å². The summed E-state index contributed by atoms with van der Waals surface area (Å²) in [7, 11) is 0. The van der Waals surface area contributed by atoms with Gasteiger partial charge in [0.05, 0.1) is 0 Å². The molecule has 0 aliphatic carbocycles. The largest absolute Gasteiger partial charge is 0.316 e. The molecule has 0 aliphatic heterocycles. The molecule has 0 aromatic heterocycles. The van der Waals surface area contributed by atoms with Gasteiger partial charge >= 0.3 is 0 Å². The molecule has 1 heteroatoms. The molecular weight excluding hydrogens is 182 g/mol. The molecule has 0 bridgehead atoms. The van der Waals surface area contributed by atoms with E-state index >= 15 is 0 Å². The monoisotopic (exact) mass is 211 g/mol. The lowest BCUT2D eigenvalue weighted by molar-refractivity contribution is 0.526. The van der Waals surface area contributed by atoms with Gasteiger partial charge in [-0.1, -0.05) is 38.3 Å². The van der Waals surface area contributed by atoms with Crippen LogP contribution in [0.3, 0.4) is 0 Å². The zero-order valence-electron chi connectivity index (χ0n) is 11.1. The van der Waals surface area contributed by atoms with E-state index in [2.05, 4.69) is 39.1 Å². The summed E-state index contributed by atoms with van der Waals surface area (Å²) in [4.78, 5) is 0. The van der Waals surface area contributed by atoms with Crippen molar-refractivity contribution in [3.8, 4) is 0 Å². The summed E-state index contributed by atoms with van der Waals surface area (Å²) in [6.45, 7) is 11.2. The highest BCUT2D eigenvalue weighted by Gasteiger charge is 1.94. The molecule has 1 N–H and O–H groups in total. The second-order valence-corrected chi connectivity index (χ2v) is 4.90. The fourth-order valence-corrected chi connectivity index (χ4v) is 1.54. The molecule has 0 aromatic carbocycles. The van der Waals surface area contributed by atoms with Crippen molar-refractivity contribution in [2.45, 2.75) is 59.8 Å². The first-order valence-corrected chi connectivity index (χ1v) is 6.49. The van der Waals surface area contributed by atoms with Gasteiger partial charge < -0.3 is 5.32 Å². The maximum Gasteiger partial charge on any atom is -0.00258 e. The Kier molecular flexibility index (Phi) is 10.0. The molecule has 0 radical (unpaired) electrons. The molecule has 0 atom stereocenters. The average Bonchev–Trinajstić information content (AvgIpc) is 2.21. The lowest BCUT2D eigenvalue weighted by Gasteiger charge is -2.07. The zero-order valence-corrected chi connectivity index (χ0v) is 11.1. The summed E-state index contributed by atoms with van der Waals surface area (Å²) < 4.78 is 0. The SMILES string of the molecule is C/C=C(\C)CCCCCCNCC(C)C. The van der Waals surface area contributed by atoms with Crippen molar-refractivity contribution in [1.29, 1.82) is 0 Å². The normalized spacial score (nSPS) is 12.5. The van der Waals surface area contributed by atoms with Gasteiger partial charge in [0.1, 0.15) is 0 Å². The summed E-state index contributed by atoms with van der Waals surface area (Å²) >= 11 is 0. The minimum Gasteiger partial charge on any atom is -0.316 e. The highest BCUT2D eigenvalue weighted by Crippen LogP contribution is 2.08. The fourth-order valence-electron chi connectivity index (χ4n) is 1.54. The molecule has 0 aliphatic rings. The van der Waals surface area contributed by atoms with Crippen molar-refractivity contribution < 1.29 is 0 Å². The smallest absolute Gasteiger partial charge is 0.00258 e. The van der Waals surface area contributed by atoms with E-state index in [1.54, 1.807) is 0 Å². The highest BCUT2D eigenvalue weighted by atomic mass is 14.8. The van der Waals surface area contributed by atoms with Crippen LogP contribution in [0.4, 0.5) is 0 Å². The molecule has 0 unspecified atom stereocenters. The highest BCUT2D eigenvalue weighted by molar-refractivity contribution is 4.94. The third-order valence-corrected chi connectivity index (χ3v) is 2.72. The topological polar surface area (TPSA) is 12.0 Å². The van der Waals surface area contributed by atoms with E-state index in [1.165, 1.54) is 44.2 Å². The molecule has 0 rings (SSSR count). The van der Waals surface area contributed by atoms with Gasteiger partial charge in [-0.3, -0.25) is 0 Å². The first-order valence-electron chi connectivity index (χ1n) is 6.49. The Morgan fingerprint density at radius 3 is 2.40 bits per heavy atom. The predicted octanol–water partition coefficient (Wildman–Crippen LogP) is 4.15. The predicted molar refractivity (Wildman–Crippen MR) is 70.2 cm³/mol. The van der Waals surface area contributed by atoms with Crippen LogP contribution in [0.5, 0.6) is 0 Å². The molecular formula is C14H29N. The van der Waals surface area contributed by atoms with Crippen LogP contribution in [0.25, 0.3) is 0 Å². The van der Waals surface area contributed by atoms with E-state index in [0.29, 0.717) is 0 Å². The molecule has 0 spiro atoms. The molecule has 0 fully saturated rings. The summed E-state index contributed by atoms with van der Waals surface area (Å²) in [5.41, 5.74) is 1.54. The molecule has 0 saturated heterocycles. The second-order valence-electron chi connectivity index (χ2n) is 4.90. The number of allylic oxidation sites excluding steroid dienone is 2. The second kappa shape index (κ2) is 10.2. The van der Waals surface area contributed by atoms with E-state index in [1.807, 2.05) is 0 Å². The van der Waals surface area contributed by atoms with Gasteiger partial charge in [-0.25, -0.2) is 0 Å². The molecule has 0 aromatic rings. The zero-order chi connectivity index (χ0) is 11.5. The summed E-state index contributed by atoms with van der Waals surface area (Å²) in [6.07, 6.45) is 8.97. The standard InChI is InChI=1S/C14H29N/c1-5-14(4)10-8-6-7-9-11-15-12-13(2)3/h5,13,15H,6-12H2,1-4H3/b14-5+. The molecule has 0 heterocycles. The van der Waals surface area contributed by atoms with Crippen LogP contribution in [-0.2, 0) is 0 Å². The van der Waals surface area contributed by atoms with E-state index < -0.39 is 0 Å². The van der Waals surface area contributed by atoms with Gasteiger partial charge in [0.15, 0.2) is 0 Å². The summed E-state index contributed by atoms with van der Waals surface area (Å²) in [6, 6.07) is 0. The van der Waals surface area contributed by atoms with Crippen molar-refractivity contribution >= 4 is 0 Å². The van der Waals surface area contributed by atoms with Gasteiger partial charge in [0.25, 0.3) is 0 Å². The van der Waals surface area contributed by atoms with Crippen LogP contribution in [0.15, 0.2) is 11.6 Å². The Balaban J connectivity index is 3.05. The first-order chi connectivity index (χ1) is 7.16. The van der Waals surface area contributed by atoms with Crippen molar-refractivity contribution in [3.05, 3.63) is 11.6 Å². The summed E-state index contributed by atoms with van der Waals surface area (Å²) in [5.74, 6) is 0.780. The van der Waals surface area contributed by atoms with Gasteiger partial charge in [0.2, 0.25) is 0 Å². The maximum atomic E-state index is 3.48. The molecule has 0 saturated carbocycles. The Morgan fingerprint density at radius 1 is 1.13 bits per heavy atom. The lowest BCUT2D eigenvalue weighted by atomic mass is 10.1. The Hall–Kier alpha value is -0.300.